The fourth-order valence-corrected chi connectivity index (χ4v) is 4.03. The van der Waals surface area contributed by atoms with E-state index in [9.17, 15) is 0 Å². The summed E-state index contributed by atoms with van der Waals surface area (Å²) in [5.74, 6) is 2.74. The van der Waals surface area contributed by atoms with Gasteiger partial charge in [0.15, 0.2) is 17.5 Å². The average molecular weight is 575 g/mol. The molecular formula is C23H32ClIN4O3. The van der Waals surface area contributed by atoms with E-state index in [-0.39, 0.29) is 24.0 Å². The fraction of sp³-hybridized carbons (Fsp3) is 0.435. The lowest BCUT2D eigenvalue weighted by molar-refractivity contribution is 0.322. The van der Waals surface area contributed by atoms with Gasteiger partial charge in [-0.2, -0.15) is 0 Å². The molecule has 1 fully saturated rings. The van der Waals surface area contributed by atoms with Crippen LogP contribution in [0.5, 0.6) is 17.2 Å². The average Bonchev–Trinajstić information content (AvgIpc) is 3.26. The molecule has 2 N–H and O–H groups in total. The lowest BCUT2D eigenvalue weighted by atomic mass is 10.1. The highest BCUT2D eigenvalue weighted by atomic mass is 127. The molecule has 7 nitrogen and oxygen atoms in total. The number of rotatable bonds is 8. The van der Waals surface area contributed by atoms with E-state index < -0.39 is 0 Å². The Morgan fingerprint density at radius 2 is 1.91 bits per heavy atom. The fourth-order valence-electron chi connectivity index (χ4n) is 3.85. The second-order valence-corrected chi connectivity index (χ2v) is 7.73. The molecule has 0 bridgehead atoms. The topological polar surface area (TPSA) is 67.4 Å². The zero-order chi connectivity index (χ0) is 22.2. The molecular weight excluding hydrogens is 543 g/mol. The summed E-state index contributed by atoms with van der Waals surface area (Å²) in [5, 5.41) is 7.68. The van der Waals surface area contributed by atoms with E-state index in [2.05, 4.69) is 26.6 Å². The van der Waals surface area contributed by atoms with Gasteiger partial charge in [-0.05, 0) is 37.1 Å². The van der Waals surface area contributed by atoms with Crippen molar-refractivity contribution in [1.82, 2.24) is 10.6 Å². The van der Waals surface area contributed by atoms with Crippen molar-refractivity contribution in [3.05, 3.63) is 47.0 Å². The van der Waals surface area contributed by atoms with Crippen LogP contribution in [0.2, 0.25) is 5.02 Å². The van der Waals surface area contributed by atoms with Crippen LogP contribution in [0, 0.1) is 0 Å². The normalized spacial score (nSPS) is 15.7. The van der Waals surface area contributed by atoms with Gasteiger partial charge < -0.3 is 29.7 Å². The zero-order valence-electron chi connectivity index (χ0n) is 19.0. The van der Waals surface area contributed by atoms with Gasteiger partial charge in [-0.3, -0.25) is 4.99 Å². The maximum atomic E-state index is 6.14. The molecule has 0 spiro atoms. The molecule has 2 aromatic rings. The van der Waals surface area contributed by atoms with Gasteiger partial charge in [0.2, 0.25) is 5.75 Å². The van der Waals surface area contributed by atoms with Crippen LogP contribution in [0.3, 0.4) is 0 Å². The summed E-state index contributed by atoms with van der Waals surface area (Å²) < 4.78 is 16.4. The van der Waals surface area contributed by atoms with Gasteiger partial charge in [-0.15, -0.1) is 24.0 Å². The summed E-state index contributed by atoms with van der Waals surface area (Å²) in [5.41, 5.74) is 2.19. The van der Waals surface area contributed by atoms with Gasteiger partial charge in [0, 0.05) is 49.0 Å². The maximum absolute atomic E-state index is 6.14. The molecule has 0 amide bonds. The van der Waals surface area contributed by atoms with Crippen molar-refractivity contribution in [2.24, 2.45) is 4.99 Å². The van der Waals surface area contributed by atoms with Gasteiger partial charge in [0.1, 0.15) is 0 Å². The Bertz CT molecular complexity index is 913. The minimum absolute atomic E-state index is 0. The molecule has 1 unspecified atom stereocenters. The number of hydrogen-bond acceptors (Lipinski definition) is 5. The van der Waals surface area contributed by atoms with E-state index >= 15 is 0 Å². The van der Waals surface area contributed by atoms with Crippen molar-refractivity contribution in [3.63, 3.8) is 0 Å². The summed E-state index contributed by atoms with van der Waals surface area (Å²) in [4.78, 5) is 6.72. The van der Waals surface area contributed by atoms with Crippen molar-refractivity contribution in [2.45, 2.75) is 18.9 Å². The summed E-state index contributed by atoms with van der Waals surface area (Å²) >= 11 is 6.14. The molecule has 9 heteroatoms. The third kappa shape index (κ3) is 6.48. The summed E-state index contributed by atoms with van der Waals surface area (Å²) in [6.07, 6.45) is 1.79. The van der Waals surface area contributed by atoms with Gasteiger partial charge >= 0.3 is 0 Å². The Kier molecular flexibility index (Phi) is 10.5. The summed E-state index contributed by atoms with van der Waals surface area (Å²) in [6.45, 7) is 2.60. The molecule has 1 atom stereocenters. The number of halogens is 2. The molecule has 0 aliphatic carbocycles. The quantitative estimate of drug-likeness (QED) is 0.283. The second-order valence-electron chi connectivity index (χ2n) is 7.30. The van der Waals surface area contributed by atoms with Crippen LogP contribution in [0.4, 0.5) is 5.69 Å². The van der Waals surface area contributed by atoms with Crippen LogP contribution < -0.4 is 29.7 Å². The number of anilines is 1. The van der Waals surface area contributed by atoms with Crippen molar-refractivity contribution in [2.75, 3.05) is 52.9 Å². The van der Waals surface area contributed by atoms with Crippen molar-refractivity contribution >= 4 is 47.2 Å². The summed E-state index contributed by atoms with van der Waals surface area (Å²) in [6, 6.07) is 12.2. The molecule has 3 rings (SSSR count). The van der Waals surface area contributed by atoms with Crippen LogP contribution in [0.25, 0.3) is 0 Å². The second kappa shape index (κ2) is 12.8. The van der Waals surface area contributed by atoms with Crippen LogP contribution in [-0.4, -0.2) is 60.0 Å². The predicted octanol–water partition coefficient (Wildman–Crippen LogP) is 3.97. The largest absolute Gasteiger partial charge is 0.493 e. The van der Waals surface area contributed by atoms with E-state index in [1.807, 2.05) is 30.3 Å². The Hall–Kier alpha value is -2.07. The van der Waals surface area contributed by atoms with Crippen LogP contribution >= 0.6 is 35.6 Å². The Labute approximate surface area is 212 Å². The van der Waals surface area contributed by atoms with Crippen LogP contribution in [0.15, 0.2) is 41.4 Å². The third-order valence-electron chi connectivity index (χ3n) is 5.40. The van der Waals surface area contributed by atoms with Crippen molar-refractivity contribution in [1.29, 1.82) is 0 Å². The van der Waals surface area contributed by atoms with Gasteiger partial charge in [-0.25, -0.2) is 0 Å². The minimum atomic E-state index is 0. The first-order valence-corrected chi connectivity index (χ1v) is 10.7. The Balaban J connectivity index is 0.00000363. The number of guanidine groups is 1. The molecule has 1 aliphatic heterocycles. The molecule has 32 heavy (non-hydrogen) atoms. The Morgan fingerprint density at radius 1 is 1.12 bits per heavy atom. The van der Waals surface area contributed by atoms with Gasteiger partial charge in [-0.1, -0.05) is 23.7 Å². The molecule has 1 aliphatic rings. The lowest BCUT2D eigenvalue weighted by Gasteiger charge is -2.21. The SMILES string of the molecule is CN=C(NCCc1ccc(OC)c(OC)c1OC)NC1CCN(c2cccc(Cl)c2)C1.I. The smallest absolute Gasteiger partial charge is 0.203 e. The molecule has 0 aromatic heterocycles. The predicted molar refractivity (Wildman–Crippen MR) is 142 cm³/mol. The first kappa shape index (κ1) is 26.2. The summed E-state index contributed by atoms with van der Waals surface area (Å²) in [7, 11) is 6.66. The Morgan fingerprint density at radius 3 is 2.56 bits per heavy atom. The standard InChI is InChI=1S/C23H31ClN4O3.HI/c1-25-23(27-18-11-13-28(15-18)19-7-5-6-17(24)14-19)26-12-10-16-8-9-20(29-2)22(31-4)21(16)30-3;/h5-9,14,18H,10-13,15H2,1-4H3,(H2,25,26,27);1H. The van der Waals surface area contributed by atoms with Crippen molar-refractivity contribution < 1.29 is 14.2 Å². The minimum Gasteiger partial charge on any atom is -0.493 e. The number of methoxy groups -OCH3 is 3. The van der Waals surface area contributed by atoms with Gasteiger partial charge in [0.05, 0.1) is 21.3 Å². The van der Waals surface area contributed by atoms with Crippen LogP contribution in [0.1, 0.15) is 12.0 Å². The molecule has 0 saturated carbocycles. The number of nitrogens with one attached hydrogen (secondary N) is 2. The number of aliphatic imine (C=N–C) groups is 1. The molecule has 1 heterocycles. The lowest BCUT2D eigenvalue weighted by Crippen LogP contribution is -2.45. The number of benzene rings is 2. The highest BCUT2D eigenvalue weighted by molar-refractivity contribution is 14.0. The molecule has 0 radical (unpaired) electrons. The maximum Gasteiger partial charge on any atom is 0.203 e. The molecule has 176 valence electrons. The first-order chi connectivity index (χ1) is 15.1. The number of hydrogen-bond donors (Lipinski definition) is 2. The van der Waals surface area contributed by atoms with Crippen molar-refractivity contribution in [3.8, 4) is 17.2 Å². The molecule has 1 saturated heterocycles. The van der Waals surface area contributed by atoms with E-state index in [4.69, 9.17) is 25.8 Å². The molecule has 2 aromatic carbocycles. The van der Waals surface area contributed by atoms with E-state index in [1.54, 1.807) is 28.4 Å². The highest BCUT2D eigenvalue weighted by Crippen LogP contribution is 2.39. The van der Waals surface area contributed by atoms with Crippen LogP contribution in [-0.2, 0) is 6.42 Å². The number of nitrogens with zero attached hydrogens (tertiary/aromatic N) is 2. The number of ether oxygens (including phenoxy) is 3. The highest BCUT2D eigenvalue weighted by Gasteiger charge is 2.23. The third-order valence-corrected chi connectivity index (χ3v) is 5.63. The first-order valence-electron chi connectivity index (χ1n) is 10.3. The van der Waals surface area contributed by atoms with Gasteiger partial charge in [0.25, 0.3) is 0 Å². The van der Waals surface area contributed by atoms with E-state index in [1.165, 1.54) is 0 Å². The van der Waals surface area contributed by atoms with E-state index in [0.717, 1.165) is 48.2 Å². The monoisotopic (exact) mass is 574 g/mol. The zero-order valence-corrected chi connectivity index (χ0v) is 22.1. The van der Waals surface area contributed by atoms with E-state index in [0.29, 0.717) is 29.8 Å².